The minimum atomic E-state index is 0.433. The second kappa shape index (κ2) is 5.17. The molecule has 6 rings (SSSR count). The summed E-state index contributed by atoms with van der Waals surface area (Å²) in [6.45, 7) is 0.744. The third-order valence-corrected chi connectivity index (χ3v) is 5.89. The van der Waals surface area contributed by atoms with Gasteiger partial charge in [-0.2, -0.15) is 0 Å². The number of H-pyrrole nitrogens is 1. The monoisotopic (exact) mass is 345 g/mol. The highest BCUT2D eigenvalue weighted by Gasteiger charge is 2.46. The van der Waals surface area contributed by atoms with E-state index in [4.69, 9.17) is 14.5 Å². The highest BCUT2D eigenvalue weighted by Crippen LogP contribution is 2.51. The molecule has 3 heterocycles. The Morgan fingerprint density at radius 3 is 2.88 bits per heavy atom. The molecule has 5 nitrogen and oxygen atoms in total. The number of methoxy groups -OCH3 is 1. The van der Waals surface area contributed by atoms with Gasteiger partial charge in [-0.3, -0.25) is 0 Å². The van der Waals surface area contributed by atoms with Gasteiger partial charge in [-0.1, -0.05) is 0 Å². The molecule has 0 radical (unpaired) electrons. The fraction of sp³-hybridized carbons (Fsp3) is 0.333. The zero-order valence-electron chi connectivity index (χ0n) is 14.6. The molecule has 1 saturated carbocycles. The van der Waals surface area contributed by atoms with E-state index in [1.165, 1.54) is 28.1 Å². The quantitative estimate of drug-likeness (QED) is 0.770. The third kappa shape index (κ3) is 2.01. The topological polar surface area (TPSA) is 60.0 Å². The molecule has 3 aromatic rings. The number of benzene rings is 1. The first-order valence-electron chi connectivity index (χ1n) is 9.17. The molecular formula is C21H19N3O2. The Bertz CT molecular complexity index is 1020. The largest absolute Gasteiger partial charge is 0.497 e. The van der Waals surface area contributed by atoms with E-state index >= 15 is 0 Å². The summed E-state index contributed by atoms with van der Waals surface area (Å²) in [5, 5.41) is 0. The molecule has 0 spiro atoms. The van der Waals surface area contributed by atoms with Crippen LogP contribution in [0.25, 0.3) is 22.8 Å². The number of nitrogens with one attached hydrogen (secondary N) is 1. The molecule has 2 aromatic heterocycles. The van der Waals surface area contributed by atoms with Crippen molar-refractivity contribution in [2.45, 2.75) is 37.9 Å². The molecule has 1 aliphatic heterocycles. The van der Waals surface area contributed by atoms with Crippen molar-refractivity contribution in [3.63, 3.8) is 0 Å². The summed E-state index contributed by atoms with van der Waals surface area (Å²) in [5.41, 5.74) is 8.64. The fourth-order valence-corrected chi connectivity index (χ4v) is 4.35. The fourth-order valence-electron chi connectivity index (χ4n) is 4.35. The highest BCUT2D eigenvalue weighted by atomic mass is 16.5. The van der Waals surface area contributed by atoms with Gasteiger partial charge in [0.1, 0.15) is 5.75 Å². The zero-order chi connectivity index (χ0) is 17.3. The van der Waals surface area contributed by atoms with Crippen LogP contribution in [0.5, 0.6) is 5.75 Å². The Morgan fingerprint density at radius 1 is 1.15 bits per heavy atom. The van der Waals surface area contributed by atoms with Gasteiger partial charge in [-0.05, 0) is 54.7 Å². The molecule has 26 heavy (non-hydrogen) atoms. The van der Waals surface area contributed by atoms with Crippen molar-refractivity contribution in [2.75, 3.05) is 7.11 Å². The van der Waals surface area contributed by atoms with Crippen LogP contribution < -0.4 is 4.74 Å². The van der Waals surface area contributed by atoms with E-state index in [0.717, 1.165) is 48.7 Å². The summed E-state index contributed by atoms with van der Waals surface area (Å²) in [6.07, 6.45) is 5.60. The lowest BCUT2D eigenvalue weighted by Crippen LogP contribution is -2.10. The van der Waals surface area contributed by atoms with Gasteiger partial charge in [-0.15, -0.1) is 0 Å². The van der Waals surface area contributed by atoms with Crippen molar-refractivity contribution >= 4 is 0 Å². The molecule has 1 aromatic carbocycles. The van der Waals surface area contributed by atoms with Crippen molar-refractivity contribution in [3.05, 3.63) is 52.8 Å². The summed E-state index contributed by atoms with van der Waals surface area (Å²) in [4.78, 5) is 13.3. The third-order valence-electron chi connectivity index (χ3n) is 5.89. The van der Waals surface area contributed by atoms with Crippen LogP contribution in [0.15, 0.2) is 30.5 Å². The van der Waals surface area contributed by atoms with Crippen molar-refractivity contribution in [2.24, 2.45) is 0 Å². The van der Waals surface area contributed by atoms with Gasteiger partial charge in [0, 0.05) is 28.9 Å². The van der Waals surface area contributed by atoms with Crippen molar-refractivity contribution in [1.29, 1.82) is 0 Å². The number of aromatic amines is 1. The van der Waals surface area contributed by atoms with Gasteiger partial charge < -0.3 is 14.5 Å². The zero-order valence-corrected chi connectivity index (χ0v) is 14.6. The van der Waals surface area contributed by atoms with Crippen LogP contribution >= 0.6 is 0 Å². The summed E-state index contributed by atoms with van der Waals surface area (Å²) >= 11 is 0. The van der Waals surface area contributed by atoms with Crippen LogP contribution in [0, 0.1) is 0 Å². The van der Waals surface area contributed by atoms with Gasteiger partial charge in [0.05, 0.1) is 31.2 Å². The first-order valence-corrected chi connectivity index (χ1v) is 9.17. The molecule has 2 unspecified atom stereocenters. The first-order chi connectivity index (χ1) is 12.8. The number of aromatic nitrogens is 3. The van der Waals surface area contributed by atoms with E-state index < -0.39 is 0 Å². The minimum Gasteiger partial charge on any atom is -0.497 e. The Morgan fingerprint density at radius 2 is 2.04 bits per heavy atom. The van der Waals surface area contributed by atoms with Gasteiger partial charge in [0.2, 0.25) is 0 Å². The lowest BCUT2D eigenvalue weighted by atomic mass is 9.92. The Balaban J connectivity index is 1.47. The van der Waals surface area contributed by atoms with Crippen LogP contribution in [-0.4, -0.2) is 28.2 Å². The van der Waals surface area contributed by atoms with Crippen molar-refractivity contribution in [1.82, 2.24) is 15.0 Å². The number of nitrogens with zero attached hydrogens (tertiary/aromatic N) is 2. The maximum atomic E-state index is 5.94. The van der Waals surface area contributed by atoms with Crippen LogP contribution in [0.3, 0.4) is 0 Å². The van der Waals surface area contributed by atoms with Crippen LogP contribution in [0.4, 0.5) is 0 Å². The predicted octanol–water partition coefficient (Wildman–Crippen LogP) is 3.63. The molecule has 1 fully saturated rings. The Kier molecular flexibility index (Phi) is 2.89. The van der Waals surface area contributed by atoms with Crippen molar-refractivity contribution in [3.8, 4) is 28.5 Å². The van der Waals surface area contributed by atoms with E-state index in [1.807, 2.05) is 30.5 Å². The number of hydrogen-bond donors (Lipinski definition) is 1. The predicted molar refractivity (Wildman–Crippen MR) is 97.1 cm³/mol. The maximum Gasteiger partial charge on any atom is 0.159 e. The minimum absolute atomic E-state index is 0.433. The van der Waals surface area contributed by atoms with E-state index in [0.29, 0.717) is 12.0 Å². The molecule has 0 saturated heterocycles. The second-order valence-electron chi connectivity index (χ2n) is 7.36. The molecule has 130 valence electrons. The molecule has 5 heteroatoms. The van der Waals surface area contributed by atoms with Gasteiger partial charge in [-0.25, -0.2) is 9.97 Å². The van der Waals surface area contributed by atoms with Gasteiger partial charge >= 0.3 is 0 Å². The molecule has 2 aliphatic carbocycles. The van der Waals surface area contributed by atoms with E-state index in [2.05, 4.69) is 9.97 Å². The molecule has 0 amide bonds. The van der Waals surface area contributed by atoms with E-state index in [9.17, 15) is 0 Å². The standard InChI is InChI=1S/C21H19N3O2/c1-25-13-5-2-11(3-6-13)21-22-9-12-4-7-14-16-10-26-17-8-15(17)19(16)23-20(14)18(12)24-21/h2-3,5-6,9,15,17,23H,4,7-8,10H2,1H3. The lowest BCUT2D eigenvalue weighted by molar-refractivity contribution is 0.0916. The van der Waals surface area contributed by atoms with Gasteiger partial charge in [0.15, 0.2) is 5.82 Å². The summed E-state index contributed by atoms with van der Waals surface area (Å²) in [5.74, 6) is 2.16. The number of rotatable bonds is 2. The second-order valence-corrected chi connectivity index (χ2v) is 7.36. The summed E-state index contributed by atoms with van der Waals surface area (Å²) in [6, 6.07) is 7.91. The van der Waals surface area contributed by atoms with E-state index in [-0.39, 0.29) is 0 Å². The lowest BCUT2D eigenvalue weighted by Gasteiger charge is -2.18. The van der Waals surface area contributed by atoms with Crippen molar-refractivity contribution < 1.29 is 9.47 Å². The number of ether oxygens (including phenoxy) is 2. The number of aryl methyl sites for hydroxylation is 1. The summed E-state index contributed by atoms with van der Waals surface area (Å²) in [7, 11) is 1.67. The Labute approximate surface area is 151 Å². The van der Waals surface area contributed by atoms with Crippen LogP contribution in [0.1, 0.15) is 34.7 Å². The summed E-state index contributed by atoms with van der Waals surface area (Å²) < 4.78 is 11.2. The normalized spacial score (nSPS) is 22.0. The Hall–Kier alpha value is -2.66. The van der Waals surface area contributed by atoms with E-state index in [1.54, 1.807) is 7.11 Å². The highest BCUT2D eigenvalue weighted by molar-refractivity contribution is 5.71. The number of fused-ring (bicyclic) bond motifs is 7. The maximum absolute atomic E-state index is 5.94. The van der Waals surface area contributed by atoms with Crippen LogP contribution in [-0.2, 0) is 24.2 Å². The SMILES string of the molecule is COc1ccc(-c2ncc3c(n2)-c2[nH]c4c(c2CC3)COC2CC42)cc1. The first kappa shape index (κ1) is 14.5. The smallest absolute Gasteiger partial charge is 0.159 e. The average molecular weight is 345 g/mol. The molecule has 2 atom stereocenters. The molecule has 0 bridgehead atoms. The molecule has 3 aliphatic rings. The molecule has 1 N–H and O–H groups in total. The van der Waals surface area contributed by atoms with Gasteiger partial charge in [0.25, 0.3) is 0 Å². The molecular weight excluding hydrogens is 326 g/mol. The average Bonchev–Trinajstić information content (AvgIpc) is 3.40. The van der Waals surface area contributed by atoms with Crippen LogP contribution in [0.2, 0.25) is 0 Å². The number of hydrogen-bond acceptors (Lipinski definition) is 4.